The second kappa shape index (κ2) is 19.0. The molecular formula is C27H49NO4. The average Bonchev–Trinajstić information content (AvgIpc) is 3.10. The Kier molecular flexibility index (Phi) is 16.9. The van der Waals surface area contributed by atoms with Crippen molar-refractivity contribution in [3.05, 3.63) is 12.2 Å². The van der Waals surface area contributed by atoms with Crippen LogP contribution in [0.4, 0.5) is 4.79 Å². The zero-order valence-corrected chi connectivity index (χ0v) is 21.1. The smallest absolute Gasteiger partial charge is 0.434 e. The molecule has 1 aliphatic rings. The average molecular weight is 452 g/mol. The Labute approximate surface area is 197 Å². The Morgan fingerprint density at radius 1 is 0.938 bits per heavy atom. The molecule has 1 fully saturated rings. The number of hydrogen-bond acceptors (Lipinski definition) is 4. The number of ether oxygens (including phenoxy) is 2. The number of carbonyl (C=O) groups excluding carboxylic acids is 2. The van der Waals surface area contributed by atoms with Gasteiger partial charge in [-0.2, -0.15) is 0 Å². The first-order chi connectivity index (χ1) is 15.5. The van der Waals surface area contributed by atoms with Crippen LogP contribution in [0.1, 0.15) is 117 Å². The summed E-state index contributed by atoms with van der Waals surface area (Å²) in [5.41, 5.74) is 0. The normalized spacial score (nSPS) is 16.4. The summed E-state index contributed by atoms with van der Waals surface area (Å²) >= 11 is 0. The van der Waals surface area contributed by atoms with E-state index in [4.69, 9.17) is 9.47 Å². The summed E-state index contributed by atoms with van der Waals surface area (Å²) in [5, 5.41) is 0. The Bertz CT molecular complexity index is 518. The van der Waals surface area contributed by atoms with Crippen molar-refractivity contribution in [2.75, 3.05) is 19.7 Å². The number of nitrogens with zero attached hydrogens (tertiary/aromatic N) is 1. The van der Waals surface area contributed by atoms with E-state index in [1.807, 2.05) is 18.7 Å². The quantitative estimate of drug-likeness (QED) is 0.116. The number of amides is 1. The van der Waals surface area contributed by atoms with E-state index in [-0.39, 0.29) is 24.3 Å². The third-order valence-electron chi connectivity index (χ3n) is 5.92. The molecule has 5 heteroatoms. The summed E-state index contributed by atoms with van der Waals surface area (Å²) in [7, 11) is 0. The lowest BCUT2D eigenvalue weighted by molar-refractivity contribution is -0.127. The minimum Gasteiger partial charge on any atom is -0.434 e. The highest BCUT2D eigenvalue weighted by Crippen LogP contribution is 2.17. The summed E-state index contributed by atoms with van der Waals surface area (Å²) in [6.07, 6.45) is 21.9. The largest absolute Gasteiger partial charge is 0.508 e. The molecule has 1 saturated heterocycles. The molecule has 1 heterocycles. The van der Waals surface area contributed by atoms with Crippen molar-refractivity contribution in [1.29, 1.82) is 0 Å². The Morgan fingerprint density at radius 3 is 2.09 bits per heavy atom. The van der Waals surface area contributed by atoms with Gasteiger partial charge in [0.25, 0.3) is 0 Å². The van der Waals surface area contributed by atoms with Crippen LogP contribution in [0.15, 0.2) is 12.2 Å². The first kappa shape index (κ1) is 28.5. The summed E-state index contributed by atoms with van der Waals surface area (Å²) in [4.78, 5) is 25.6. The van der Waals surface area contributed by atoms with Crippen LogP contribution in [0.25, 0.3) is 0 Å². The van der Waals surface area contributed by atoms with Crippen molar-refractivity contribution in [1.82, 2.24) is 4.90 Å². The Morgan fingerprint density at radius 2 is 1.50 bits per heavy atom. The molecular weight excluding hydrogens is 402 g/mol. The van der Waals surface area contributed by atoms with Gasteiger partial charge in [0.1, 0.15) is 6.10 Å². The standard InChI is InChI=1S/C27H49NO4/c1-4-5-6-7-8-9-10-11-12-13-14-15-16-17-18-19-20-28-22-25(21-26(28)29)32-27(30)31-23-24(2)3/h11-12,24-25H,4-10,13-23H2,1-3H3/b12-11-. The van der Waals surface area contributed by atoms with Crippen LogP contribution in [0.2, 0.25) is 0 Å². The lowest BCUT2D eigenvalue weighted by Crippen LogP contribution is -2.28. The molecule has 0 radical (unpaired) electrons. The van der Waals surface area contributed by atoms with Crippen LogP contribution in [0, 0.1) is 5.92 Å². The van der Waals surface area contributed by atoms with Gasteiger partial charge in [-0.25, -0.2) is 4.79 Å². The molecule has 0 aliphatic carbocycles. The third-order valence-corrected chi connectivity index (χ3v) is 5.92. The fraction of sp³-hybridized carbons (Fsp3) is 0.852. The molecule has 0 spiro atoms. The van der Waals surface area contributed by atoms with Crippen molar-refractivity contribution < 1.29 is 19.1 Å². The summed E-state index contributed by atoms with van der Waals surface area (Å²) in [5.74, 6) is 0.357. The SMILES string of the molecule is CCCCCCCC/C=C\CCCCCCCCN1CC(OC(=O)OCC(C)C)CC1=O. The van der Waals surface area contributed by atoms with Crippen LogP contribution >= 0.6 is 0 Å². The van der Waals surface area contributed by atoms with Gasteiger partial charge in [0.15, 0.2) is 0 Å². The summed E-state index contributed by atoms with van der Waals surface area (Å²) < 4.78 is 10.3. The molecule has 186 valence electrons. The lowest BCUT2D eigenvalue weighted by Gasteiger charge is -2.16. The molecule has 0 saturated carbocycles. The Balaban J connectivity index is 1.92. The van der Waals surface area contributed by atoms with Gasteiger partial charge in [-0.1, -0.05) is 90.7 Å². The van der Waals surface area contributed by atoms with Gasteiger partial charge in [-0.3, -0.25) is 4.79 Å². The monoisotopic (exact) mass is 451 g/mol. The number of hydrogen-bond donors (Lipinski definition) is 0. The van der Waals surface area contributed by atoms with Gasteiger partial charge in [0.2, 0.25) is 5.91 Å². The molecule has 32 heavy (non-hydrogen) atoms. The molecule has 0 aromatic rings. The topological polar surface area (TPSA) is 55.8 Å². The van der Waals surface area contributed by atoms with Gasteiger partial charge < -0.3 is 14.4 Å². The number of unbranched alkanes of at least 4 members (excludes halogenated alkanes) is 12. The van der Waals surface area contributed by atoms with E-state index in [1.165, 1.54) is 77.0 Å². The number of likely N-dealkylation sites (tertiary alicyclic amines) is 1. The number of allylic oxidation sites excluding steroid dienone is 2. The van der Waals surface area contributed by atoms with Gasteiger partial charge in [-0.05, 0) is 38.0 Å². The predicted octanol–water partition coefficient (Wildman–Crippen LogP) is 7.43. The molecule has 1 atom stereocenters. The maximum atomic E-state index is 12.1. The zero-order chi connectivity index (χ0) is 23.4. The minimum atomic E-state index is -0.657. The first-order valence-electron chi connectivity index (χ1n) is 13.3. The van der Waals surface area contributed by atoms with E-state index in [2.05, 4.69) is 19.1 Å². The lowest BCUT2D eigenvalue weighted by atomic mass is 10.1. The van der Waals surface area contributed by atoms with E-state index in [1.54, 1.807) is 0 Å². The molecule has 1 rings (SSSR count). The zero-order valence-electron chi connectivity index (χ0n) is 21.1. The van der Waals surface area contributed by atoms with E-state index in [9.17, 15) is 9.59 Å². The van der Waals surface area contributed by atoms with Crippen molar-refractivity contribution >= 4 is 12.1 Å². The van der Waals surface area contributed by atoms with Crippen molar-refractivity contribution in [3.63, 3.8) is 0 Å². The maximum Gasteiger partial charge on any atom is 0.508 e. The van der Waals surface area contributed by atoms with Crippen LogP contribution < -0.4 is 0 Å². The second-order valence-electron chi connectivity index (χ2n) is 9.68. The van der Waals surface area contributed by atoms with Gasteiger partial charge in [0.05, 0.1) is 19.6 Å². The second-order valence-corrected chi connectivity index (χ2v) is 9.68. The van der Waals surface area contributed by atoms with Crippen LogP contribution in [0.5, 0.6) is 0 Å². The van der Waals surface area contributed by atoms with E-state index >= 15 is 0 Å². The molecule has 1 unspecified atom stereocenters. The molecule has 1 amide bonds. The maximum absolute atomic E-state index is 12.1. The number of carbonyl (C=O) groups is 2. The van der Waals surface area contributed by atoms with E-state index < -0.39 is 6.16 Å². The van der Waals surface area contributed by atoms with E-state index in [0.717, 1.165) is 19.4 Å². The molecule has 0 bridgehead atoms. The van der Waals surface area contributed by atoms with Crippen LogP contribution in [-0.4, -0.2) is 42.8 Å². The van der Waals surface area contributed by atoms with Gasteiger partial charge in [-0.15, -0.1) is 0 Å². The van der Waals surface area contributed by atoms with Gasteiger partial charge >= 0.3 is 6.16 Å². The van der Waals surface area contributed by atoms with Crippen LogP contribution in [-0.2, 0) is 14.3 Å². The van der Waals surface area contributed by atoms with Gasteiger partial charge in [0, 0.05) is 6.54 Å². The van der Waals surface area contributed by atoms with E-state index in [0.29, 0.717) is 13.2 Å². The molecule has 1 aliphatic heterocycles. The molecule has 0 aromatic carbocycles. The third kappa shape index (κ3) is 15.3. The Hall–Kier alpha value is -1.52. The minimum absolute atomic E-state index is 0.0828. The summed E-state index contributed by atoms with van der Waals surface area (Å²) in [6.45, 7) is 7.83. The molecule has 0 aromatic heterocycles. The number of rotatable bonds is 19. The highest BCUT2D eigenvalue weighted by Gasteiger charge is 2.32. The first-order valence-corrected chi connectivity index (χ1v) is 13.3. The molecule has 5 nitrogen and oxygen atoms in total. The highest BCUT2D eigenvalue weighted by atomic mass is 16.7. The highest BCUT2D eigenvalue weighted by molar-refractivity contribution is 5.79. The fourth-order valence-electron chi connectivity index (χ4n) is 3.99. The summed E-state index contributed by atoms with van der Waals surface area (Å²) in [6, 6.07) is 0. The van der Waals surface area contributed by atoms with Crippen molar-refractivity contribution in [3.8, 4) is 0 Å². The fourth-order valence-corrected chi connectivity index (χ4v) is 3.99. The van der Waals surface area contributed by atoms with Crippen molar-refractivity contribution in [2.45, 2.75) is 123 Å². The van der Waals surface area contributed by atoms with Crippen molar-refractivity contribution in [2.24, 2.45) is 5.92 Å². The predicted molar refractivity (Wildman–Crippen MR) is 132 cm³/mol. The van der Waals surface area contributed by atoms with Crippen LogP contribution in [0.3, 0.4) is 0 Å². The molecule has 0 N–H and O–H groups in total.